The van der Waals surface area contributed by atoms with Crippen LogP contribution in [-0.4, -0.2) is 43.5 Å². The number of benzene rings is 1. The number of hydrogen-bond donors (Lipinski definition) is 2. The summed E-state index contributed by atoms with van der Waals surface area (Å²) in [6, 6.07) is 5.51. The van der Waals surface area contributed by atoms with E-state index < -0.39 is 0 Å². The van der Waals surface area contributed by atoms with Crippen LogP contribution in [0.25, 0.3) is 0 Å². The first-order chi connectivity index (χ1) is 9.54. The van der Waals surface area contributed by atoms with E-state index in [1.54, 1.807) is 18.2 Å². The molecule has 1 aromatic carbocycles. The van der Waals surface area contributed by atoms with Crippen molar-refractivity contribution < 1.29 is 4.79 Å². The number of nitrogens with one attached hydrogen (secondary N) is 2. The predicted octanol–water partition coefficient (Wildman–Crippen LogP) is 2.62. The van der Waals surface area contributed by atoms with Crippen molar-refractivity contribution in [1.82, 2.24) is 10.2 Å². The van der Waals surface area contributed by atoms with Crippen LogP contribution in [0.1, 0.15) is 12.8 Å². The molecule has 1 amide bonds. The monoisotopic (exact) mass is 315 g/mol. The van der Waals surface area contributed by atoms with Crippen LogP contribution in [0.15, 0.2) is 18.2 Å². The maximum Gasteiger partial charge on any atom is 0.238 e. The highest BCUT2D eigenvalue weighted by Crippen LogP contribution is 2.25. The Labute approximate surface area is 129 Å². The topological polar surface area (TPSA) is 44.4 Å². The molecule has 1 heterocycles. The predicted molar refractivity (Wildman–Crippen MR) is 83.6 cm³/mol. The highest BCUT2D eigenvalue weighted by atomic mass is 35.5. The molecule has 0 saturated carbocycles. The van der Waals surface area contributed by atoms with Crippen molar-refractivity contribution in [3.8, 4) is 0 Å². The number of nitrogens with zero attached hydrogens (tertiary/aromatic N) is 1. The van der Waals surface area contributed by atoms with Gasteiger partial charge in [-0.15, -0.1) is 0 Å². The molecule has 110 valence electrons. The first kappa shape index (κ1) is 15.6. The molecular formula is C14H19Cl2N3O. The minimum Gasteiger partial charge on any atom is -0.324 e. The van der Waals surface area contributed by atoms with Gasteiger partial charge in [0.25, 0.3) is 0 Å². The molecule has 1 atom stereocenters. The van der Waals surface area contributed by atoms with Crippen LogP contribution in [0, 0.1) is 0 Å². The van der Waals surface area contributed by atoms with Crippen LogP contribution < -0.4 is 10.6 Å². The zero-order valence-electron chi connectivity index (χ0n) is 11.5. The van der Waals surface area contributed by atoms with Gasteiger partial charge in [-0.1, -0.05) is 23.2 Å². The van der Waals surface area contributed by atoms with Crippen LogP contribution in [0.5, 0.6) is 0 Å². The average Bonchev–Trinajstić information content (AvgIpc) is 2.86. The summed E-state index contributed by atoms with van der Waals surface area (Å²) in [5.74, 6) is -0.0883. The van der Waals surface area contributed by atoms with Crippen molar-refractivity contribution >= 4 is 34.8 Å². The van der Waals surface area contributed by atoms with Crippen LogP contribution in [-0.2, 0) is 4.79 Å². The van der Waals surface area contributed by atoms with Gasteiger partial charge in [-0.25, -0.2) is 0 Å². The van der Waals surface area contributed by atoms with Crippen LogP contribution >= 0.6 is 23.2 Å². The molecule has 1 aliphatic heterocycles. The van der Waals surface area contributed by atoms with E-state index in [9.17, 15) is 4.79 Å². The normalized spacial score (nSPS) is 18.5. The van der Waals surface area contributed by atoms with Gasteiger partial charge in [0.2, 0.25) is 5.91 Å². The van der Waals surface area contributed by atoms with Gasteiger partial charge in [0.05, 0.1) is 17.3 Å². The largest absolute Gasteiger partial charge is 0.324 e. The number of carbonyl (C=O) groups excluding carboxylic acids is 1. The third-order valence-corrected chi connectivity index (χ3v) is 3.88. The van der Waals surface area contributed by atoms with Crippen molar-refractivity contribution in [2.24, 2.45) is 0 Å². The Bertz CT molecular complexity index is 475. The molecule has 20 heavy (non-hydrogen) atoms. The Hall–Kier alpha value is -0.810. The summed E-state index contributed by atoms with van der Waals surface area (Å²) < 4.78 is 0. The minimum atomic E-state index is -0.0883. The van der Waals surface area contributed by atoms with E-state index in [-0.39, 0.29) is 5.91 Å². The Kier molecular flexibility index (Phi) is 5.66. The van der Waals surface area contributed by atoms with Gasteiger partial charge in [-0.3, -0.25) is 9.69 Å². The fourth-order valence-corrected chi connectivity index (χ4v) is 2.72. The fourth-order valence-electron chi connectivity index (χ4n) is 2.38. The third kappa shape index (κ3) is 4.63. The Morgan fingerprint density at radius 2 is 2.30 bits per heavy atom. The van der Waals surface area contributed by atoms with Crippen LogP contribution in [0.4, 0.5) is 5.69 Å². The van der Waals surface area contributed by atoms with Crippen molar-refractivity contribution in [1.29, 1.82) is 0 Å². The number of carbonyl (C=O) groups is 1. The lowest BCUT2D eigenvalue weighted by atomic mass is 10.2. The van der Waals surface area contributed by atoms with Gasteiger partial charge in [0.15, 0.2) is 0 Å². The Balaban J connectivity index is 1.83. The number of likely N-dealkylation sites (N-methyl/N-ethyl adjacent to an activating group) is 1. The summed E-state index contributed by atoms with van der Waals surface area (Å²) in [7, 11) is 1.94. The van der Waals surface area contributed by atoms with E-state index in [1.807, 2.05) is 11.9 Å². The second kappa shape index (κ2) is 7.27. The smallest absolute Gasteiger partial charge is 0.238 e. The highest BCUT2D eigenvalue weighted by molar-refractivity contribution is 6.35. The first-order valence-corrected chi connectivity index (χ1v) is 7.47. The SMILES string of the molecule is CN(CC(=O)Nc1cc(Cl)ccc1Cl)CC1CCCN1. The summed E-state index contributed by atoms with van der Waals surface area (Å²) in [4.78, 5) is 14.0. The number of amides is 1. The molecule has 2 N–H and O–H groups in total. The minimum absolute atomic E-state index is 0.0883. The van der Waals surface area contributed by atoms with E-state index in [0.717, 1.165) is 13.1 Å². The maximum atomic E-state index is 12.0. The molecule has 4 nitrogen and oxygen atoms in total. The van der Waals surface area contributed by atoms with Crippen molar-refractivity contribution in [3.63, 3.8) is 0 Å². The van der Waals surface area contributed by atoms with Gasteiger partial charge in [0, 0.05) is 17.6 Å². The third-order valence-electron chi connectivity index (χ3n) is 3.31. The maximum absolute atomic E-state index is 12.0. The Morgan fingerprint density at radius 1 is 1.50 bits per heavy atom. The van der Waals surface area contributed by atoms with Crippen LogP contribution in [0.2, 0.25) is 10.0 Å². The zero-order valence-corrected chi connectivity index (χ0v) is 13.0. The fraction of sp³-hybridized carbons (Fsp3) is 0.500. The summed E-state index contributed by atoms with van der Waals surface area (Å²) >= 11 is 11.9. The zero-order chi connectivity index (χ0) is 14.5. The molecule has 0 radical (unpaired) electrons. The van der Waals surface area contributed by atoms with Gasteiger partial charge in [-0.2, -0.15) is 0 Å². The molecule has 1 unspecified atom stereocenters. The second-order valence-electron chi connectivity index (χ2n) is 5.16. The molecule has 0 bridgehead atoms. The van der Waals surface area contributed by atoms with Gasteiger partial charge < -0.3 is 10.6 Å². The van der Waals surface area contributed by atoms with Crippen molar-refractivity contribution in [2.45, 2.75) is 18.9 Å². The summed E-state index contributed by atoms with van der Waals surface area (Å²) in [6.45, 7) is 2.28. The molecule has 1 fully saturated rings. The summed E-state index contributed by atoms with van der Waals surface area (Å²) in [6.07, 6.45) is 2.38. The highest BCUT2D eigenvalue weighted by Gasteiger charge is 2.17. The van der Waals surface area contributed by atoms with Crippen molar-refractivity contribution in [3.05, 3.63) is 28.2 Å². The second-order valence-corrected chi connectivity index (χ2v) is 6.01. The number of anilines is 1. The molecule has 1 aromatic rings. The standard InChI is InChI=1S/C14H19Cl2N3O/c1-19(8-11-3-2-6-17-11)9-14(20)18-13-7-10(15)4-5-12(13)16/h4-5,7,11,17H,2-3,6,8-9H2,1H3,(H,18,20). The summed E-state index contributed by atoms with van der Waals surface area (Å²) in [5, 5.41) is 7.24. The molecule has 0 aliphatic carbocycles. The van der Waals surface area contributed by atoms with E-state index in [2.05, 4.69) is 10.6 Å². The number of halogens is 2. The molecule has 0 aromatic heterocycles. The number of hydrogen-bond acceptors (Lipinski definition) is 3. The molecule has 6 heteroatoms. The Morgan fingerprint density at radius 3 is 3.00 bits per heavy atom. The van der Waals surface area contributed by atoms with E-state index in [0.29, 0.717) is 28.3 Å². The molecule has 1 saturated heterocycles. The molecule has 2 rings (SSSR count). The molecule has 1 aliphatic rings. The first-order valence-electron chi connectivity index (χ1n) is 6.71. The van der Waals surface area contributed by atoms with Gasteiger partial charge in [0.1, 0.15) is 0 Å². The lowest BCUT2D eigenvalue weighted by molar-refractivity contribution is -0.117. The van der Waals surface area contributed by atoms with Crippen LogP contribution in [0.3, 0.4) is 0 Å². The quantitative estimate of drug-likeness (QED) is 0.878. The van der Waals surface area contributed by atoms with E-state index in [4.69, 9.17) is 23.2 Å². The molecular weight excluding hydrogens is 297 g/mol. The molecule has 0 spiro atoms. The lowest BCUT2D eigenvalue weighted by Crippen LogP contribution is -2.39. The lowest BCUT2D eigenvalue weighted by Gasteiger charge is -2.20. The average molecular weight is 316 g/mol. The van der Waals surface area contributed by atoms with E-state index >= 15 is 0 Å². The van der Waals surface area contributed by atoms with E-state index in [1.165, 1.54) is 12.8 Å². The van der Waals surface area contributed by atoms with Gasteiger partial charge in [-0.05, 0) is 44.6 Å². The van der Waals surface area contributed by atoms with Crippen molar-refractivity contribution in [2.75, 3.05) is 32.0 Å². The summed E-state index contributed by atoms with van der Waals surface area (Å²) in [5.41, 5.74) is 0.552. The van der Waals surface area contributed by atoms with Gasteiger partial charge >= 0.3 is 0 Å². The number of rotatable bonds is 5.